The number of amides is 1. The highest BCUT2D eigenvalue weighted by Gasteiger charge is 2.25. The van der Waals surface area contributed by atoms with Crippen molar-refractivity contribution < 1.29 is 9.21 Å². The maximum Gasteiger partial charge on any atom is 0.267 e. The molecular weight excluding hydrogens is 478 g/mol. The van der Waals surface area contributed by atoms with Crippen LogP contribution < -0.4 is 15.8 Å². The fraction of sp³-hybridized carbons (Fsp3) is 0.267. The molecule has 0 bridgehead atoms. The van der Waals surface area contributed by atoms with Gasteiger partial charge in [-0.15, -0.1) is 0 Å². The number of nitrogens with one attached hydrogen (secondary N) is 1. The van der Waals surface area contributed by atoms with Crippen molar-refractivity contribution in [2.45, 2.75) is 32.7 Å². The Hall–Kier alpha value is -4.64. The van der Waals surface area contributed by atoms with E-state index in [-0.39, 0.29) is 23.2 Å². The highest BCUT2D eigenvalue weighted by Crippen LogP contribution is 2.28. The van der Waals surface area contributed by atoms with Crippen molar-refractivity contribution in [2.75, 3.05) is 18.0 Å². The molecule has 5 rings (SSSR count). The molecule has 4 aromatic rings. The summed E-state index contributed by atoms with van der Waals surface area (Å²) in [5, 5.41) is 12.5. The van der Waals surface area contributed by atoms with E-state index in [1.807, 2.05) is 25.1 Å². The van der Waals surface area contributed by atoms with Crippen LogP contribution in [0.25, 0.3) is 11.7 Å². The summed E-state index contributed by atoms with van der Waals surface area (Å²) in [7, 11) is 0. The third-order valence-corrected chi connectivity index (χ3v) is 7.00. The van der Waals surface area contributed by atoms with E-state index in [0.717, 1.165) is 37.9 Å². The van der Waals surface area contributed by atoms with Gasteiger partial charge in [-0.25, -0.2) is 4.98 Å². The lowest BCUT2D eigenvalue weighted by Crippen LogP contribution is -2.37. The van der Waals surface area contributed by atoms with Crippen LogP contribution in [-0.4, -0.2) is 28.4 Å². The lowest BCUT2D eigenvalue weighted by Gasteiger charge is -2.33. The number of carbonyl (C=O) groups excluding carboxylic acids is 1. The number of benzene rings is 1. The number of hydrogen-bond acceptors (Lipinski definition) is 6. The van der Waals surface area contributed by atoms with Crippen molar-refractivity contribution in [1.82, 2.24) is 14.7 Å². The van der Waals surface area contributed by atoms with Gasteiger partial charge in [-0.1, -0.05) is 36.4 Å². The standard InChI is InChI=1S/C30H29N5O3/c1-21-7-5-13-35-27(21)33-28(34-14-11-23(12-15-34)17-22-8-3-2-4-9-22)26(30(35)37)18-24(19-31)29(36)32-20-25-10-6-16-38-25/h2-10,13,16,18,23H,11-12,14-15,17,20H2,1H3,(H,32,36)/b24-18+. The first-order valence-corrected chi connectivity index (χ1v) is 12.8. The molecule has 8 nitrogen and oxygen atoms in total. The molecule has 1 fully saturated rings. The number of nitrogens with zero attached hydrogens (tertiary/aromatic N) is 4. The van der Waals surface area contributed by atoms with Crippen LogP contribution in [-0.2, 0) is 17.8 Å². The number of aromatic nitrogens is 2. The highest BCUT2D eigenvalue weighted by molar-refractivity contribution is 6.02. The van der Waals surface area contributed by atoms with Gasteiger partial charge in [-0.05, 0) is 67.5 Å². The average Bonchev–Trinajstić information content (AvgIpc) is 3.47. The Morgan fingerprint density at radius 1 is 1.16 bits per heavy atom. The average molecular weight is 508 g/mol. The number of aryl methyl sites for hydroxylation is 1. The number of nitriles is 1. The van der Waals surface area contributed by atoms with E-state index in [1.54, 1.807) is 24.4 Å². The lowest BCUT2D eigenvalue weighted by molar-refractivity contribution is -0.117. The molecule has 1 N–H and O–H groups in total. The van der Waals surface area contributed by atoms with Crippen LogP contribution in [0.5, 0.6) is 0 Å². The van der Waals surface area contributed by atoms with Crippen molar-refractivity contribution in [3.63, 3.8) is 0 Å². The van der Waals surface area contributed by atoms with E-state index in [4.69, 9.17) is 9.40 Å². The molecule has 8 heteroatoms. The fourth-order valence-corrected chi connectivity index (χ4v) is 4.93. The molecule has 3 aromatic heterocycles. The summed E-state index contributed by atoms with van der Waals surface area (Å²) in [5.41, 5.74) is 2.52. The van der Waals surface area contributed by atoms with E-state index in [9.17, 15) is 14.9 Å². The maximum absolute atomic E-state index is 13.7. The third kappa shape index (κ3) is 5.37. The monoisotopic (exact) mass is 507 g/mol. The van der Waals surface area contributed by atoms with Crippen LogP contribution in [0, 0.1) is 24.2 Å². The summed E-state index contributed by atoms with van der Waals surface area (Å²) in [6.07, 6.45) is 7.48. The zero-order chi connectivity index (χ0) is 26.5. The van der Waals surface area contributed by atoms with Crippen LogP contribution >= 0.6 is 0 Å². The van der Waals surface area contributed by atoms with Crippen LogP contribution in [0.3, 0.4) is 0 Å². The predicted octanol–water partition coefficient (Wildman–Crippen LogP) is 4.28. The molecule has 38 heavy (non-hydrogen) atoms. The summed E-state index contributed by atoms with van der Waals surface area (Å²) < 4.78 is 6.73. The number of piperidine rings is 1. The van der Waals surface area contributed by atoms with E-state index in [1.165, 1.54) is 22.3 Å². The smallest absolute Gasteiger partial charge is 0.267 e. The zero-order valence-electron chi connectivity index (χ0n) is 21.3. The van der Waals surface area contributed by atoms with Gasteiger partial charge in [0.05, 0.1) is 18.4 Å². The van der Waals surface area contributed by atoms with E-state index < -0.39 is 5.91 Å². The molecule has 0 radical (unpaired) electrons. The quantitative estimate of drug-likeness (QED) is 0.296. The van der Waals surface area contributed by atoms with Crippen LogP contribution in [0.1, 0.15) is 35.3 Å². The molecule has 0 unspecified atom stereocenters. The van der Waals surface area contributed by atoms with Crippen molar-refractivity contribution in [1.29, 1.82) is 5.26 Å². The zero-order valence-corrected chi connectivity index (χ0v) is 21.3. The molecule has 0 atom stereocenters. The lowest BCUT2D eigenvalue weighted by atomic mass is 9.90. The Bertz CT molecular complexity index is 1560. The number of anilines is 1. The minimum Gasteiger partial charge on any atom is -0.467 e. The van der Waals surface area contributed by atoms with E-state index >= 15 is 0 Å². The third-order valence-electron chi connectivity index (χ3n) is 7.00. The highest BCUT2D eigenvalue weighted by atomic mass is 16.3. The van der Waals surface area contributed by atoms with Crippen molar-refractivity contribution >= 4 is 23.4 Å². The molecule has 192 valence electrons. The van der Waals surface area contributed by atoms with E-state index in [0.29, 0.717) is 23.1 Å². The van der Waals surface area contributed by atoms with Gasteiger partial charge in [0.1, 0.15) is 28.9 Å². The molecule has 1 saturated heterocycles. The first kappa shape index (κ1) is 25.0. The van der Waals surface area contributed by atoms with Gasteiger partial charge in [0.15, 0.2) is 0 Å². The van der Waals surface area contributed by atoms with Gasteiger partial charge < -0.3 is 14.6 Å². The van der Waals surface area contributed by atoms with Gasteiger partial charge in [0.25, 0.3) is 11.5 Å². The normalized spacial score (nSPS) is 14.4. The molecule has 1 amide bonds. The fourth-order valence-electron chi connectivity index (χ4n) is 4.93. The summed E-state index contributed by atoms with van der Waals surface area (Å²) in [4.78, 5) is 33.5. The number of fused-ring (bicyclic) bond motifs is 1. The van der Waals surface area contributed by atoms with Crippen molar-refractivity contribution in [3.8, 4) is 6.07 Å². The van der Waals surface area contributed by atoms with E-state index in [2.05, 4.69) is 34.5 Å². The van der Waals surface area contributed by atoms with Gasteiger partial charge in [0.2, 0.25) is 0 Å². The molecular formula is C30H29N5O3. The number of hydrogen-bond donors (Lipinski definition) is 1. The number of carbonyl (C=O) groups is 1. The second kappa shape index (κ2) is 11.2. The van der Waals surface area contributed by atoms with Crippen LogP contribution in [0.15, 0.2) is 81.8 Å². The summed E-state index contributed by atoms with van der Waals surface area (Å²) in [5.74, 6) is 1.04. The number of pyridine rings is 1. The van der Waals surface area contributed by atoms with Crippen LogP contribution in [0.2, 0.25) is 0 Å². The second-order valence-electron chi connectivity index (χ2n) is 9.59. The maximum atomic E-state index is 13.7. The Balaban J connectivity index is 1.46. The number of rotatable bonds is 7. The second-order valence-corrected chi connectivity index (χ2v) is 9.59. The Morgan fingerprint density at radius 3 is 2.66 bits per heavy atom. The van der Waals surface area contributed by atoms with Gasteiger partial charge >= 0.3 is 0 Å². The largest absolute Gasteiger partial charge is 0.467 e. The Morgan fingerprint density at radius 2 is 1.95 bits per heavy atom. The minimum atomic E-state index is -0.579. The molecule has 0 spiro atoms. The SMILES string of the molecule is Cc1cccn2c(=O)c(/C=C(\C#N)C(=O)NCc3ccco3)c(N3CCC(Cc4ccccc4)CC3)nc12. The Kier molecular flexibility index (Phi) is 7.36. The minimum absolute atomic E-state index is 0.140. The van der Waals surface area contributed by atoms with Gasteiger partial charge in [-0.3, -0.25) is 14.0 Å². The predicted molar refractivity (Wildman–Crippen MR) is 145 cm³/mol. The van der Waals surface area contributed by atoms with Crippen molar-refractivity contribution in [2.24, 2.45) is 5.92 Å². The topological polar surface area (TPSA) is 104 Å². The van der Waals surface area contributed by atoms with Crippen LogP contribution in [0.4, 0.5) is 5.82 Å². The molecule has 1 aliphatic heterocycles. The Labute approximate surface area is 220 Å². The summed E-state index contributed by atoms with van der Waals surface area (Å²) >= 11 is 0. The molecule has 0 aliphatic carbocycles. The van der Waals surface area contributed by atoms with Gasteiger partial charge in [0, 0.05) is 19.3 Å². The number of furan rings is 1. The molecule has 4 heterocycles. The van der Waals surface area contributed by atoms with Crippen molar-refractivity contribution in [3.05, 3.63) is 105 Å². The molecule has 1 aromatic carbocycles. The molecule has 1 aliphatic rings. The first-order chi connectivity index (χ1) is 18.5. The summed E-state index contributed by atoms with van der Waals surface area (Å²) in [6.45, 7) is 3.52. The summed E-state index contributed by atoms with van der Waals surface area (Å²) in [6, 6.07) is 19.6. The molecule has 0 saturated carbocycles. The first-order valence-electron chi connectivity index (χ1n) is 12.8. The van der Waals surface area contributed by atoms with Gasteiger partial charge in [-0.2, -0.15) is 5.26 Å².